The van der Waals surface area contributed by atoms with Crippen LogP contribution >= 0.6 is 0 Å². The molecule has 16 heavy (non-hydrogen) atoms. The van der Waals surface area contributed by atoms with Crippen LogP contribution in [0.1, 0.15) is 5.56 Å². The van der Waals surface area contributed by atoms with Crippen molar-refractivity contribution in [3.63, 3.8) is 0 Å². The average Bonchev–Trinajstić information content (AvgIpc) is 2.39. The first-order valence-electron chi connectivity index (χ1n) is 5.18. The molecule has 0 amide bonds. The van der Waals surface area contributed by atoms with E-state index in [-0.39, 0.29) is 6.61 Å². The van der Waals surface area contributed by atoms with Gasteiger partial charge >= 0.3 is 0 Å². The van der Waals surface area contributed by atoms with Crippen molar-refractivity contribution in [1.29, 1.82) is 0 Å². The lowest BCUT2D eigenvalue weighted by molar-refractivity contribution is 0.281. The second kappa shape index (κ2) is 4.81. The van der Waals surface area contributed by atoms with Gasteiger partial charge < -0.3 is 9.84 Å². The molecule has 82 valence electrons. The van der Waals surface area contributed by atoms with E-state index >= 15 is 0 Å². The summed E-state index contributed by atoms with van der Waals surface area (Å²) in [5.41, 5.74) is 3.03. The number of hydrogen-bond acceptors (Lipinski definition) is 2. The first-order valence-corrected chi connectivity index (χ1v) is 5.18. The first-order chi connectivity index (χ1) is 7.85. The van der Waals surface area contributed by atoms with Gasteiger partial charge in [0.05, 0.1) is 13.7 Å². The number of methoxy groups -OCH3 is 1. The molecule has 0 atom stereocenters. The largest absolute Gasteiger partial charge is 0.497 e. The Hall–Kier alpha value is -1.80. The Morgan fingerprint density at radius 1 is 1.06 bits per heavy atom. The van der Waals surface area contributed by atoms with Gasteiger partial charge in [-0.3, -0.25) is 0 Å². The summed E-state index contributed by atoms with van der Waals surface area (Å²) in [6.07, 6.45) is 0. The minimum atomic E-state index is 0.0153. The summed E-state index contributed by atoms with van der Waals surface area (Å²) in [6, 6.07) is 15.7. The van der Waals surface area contributed by atoms with Crippen LogP contribution in [-0.4, -0.2) is 12.2 Å². The lowest BCUT2D eigenvalue weighted by Gasteiger charge is -2.09. The monoisotopic (exact) mass is 214 g/mol. The molecule has 1 N–H and O–H groups in total. The molecule has 0 radical (unpaired) electrons. The lowest BCUT2D eigenvalue weighted by atomic mass is 10.00. The summed E-state index contributed by atoms with van der Waals surface area (Å²) in [5, 5.41) is 9.34. The third kappa shape index (κ3) is 2.07. The Morgan fingerprint density at radius 2 is 1.81 bits per heavy atom. The van der Waals surface area contributed by atoms with E-state index < -0.39 is 0 Å². The van der Waals surface area contributed by atoms with E-state index in [1.165, 1.54) is 0 Å². The Balaban J connectivity index is 2.49. The van der Waals surface area contributed by atoms with Gasteiger partial charge in [-0.15, -0.1) is 0 Å². The predicted octanol–water partition coefficient (Wildman–Crippen LogP) is 2.85. The van der Waals surface area contributed by atoms with Crippen molar-refractivity contribution >= 4 is 0 Å². The van der Waals surface area contributed by atoms with Crippen LogP contribution in [0.4, 0.5) is 0 Å². The fourth-order valence-corrected chi connectivity index (χ4v) is 1.73. The smallest absolute Gasteiger partial charge is 0.119 e. The van der Waals surface area contributed by atoms with Gasteiger partial charge in [0, 0.05) is 0 Å². The van der Waals surface area contributed by atoms with Crippen LogP contribution in [0, 0.1) is 0 Å². The molecule has 0 heterocycles. The van der Waals surface area contributed by atoms with Crippen LogP contribution in [0.3, 0.4) is 0 Å². The van der Waals surface area contributed by atoms with Crippen molar-refractivity contribution in [3.8, 4) is 16.9 Å². The van der Waals surface area contributed by atoms with E-state index in [0.29, 0.717) is 0 Å². The van der Waals surface area contributed by atoms with Crippen molar-refractivity contribution in [2.75, 3.05) is 7.11 Å². The van der Waals surface area contributed by atoms with Gasteiger partial charge in [-0.05, 0) is 28.8 Å². The first kappa shape index (κ1) is 10.7. The fourth-order valence-electron chi connectivity index (χ4n) is 1.73. The molecule has 2 aromatic carbocycles. The van der Waals surface area contributed by atoms with Gasteiger partial charge in [0.15, 0.2) is 0 Å². The van der Waals surface area contributed by atoms with Gasteiger partial charge in [0.25, 0.3) is 0 Å². The molecule has 2 rings (SSSR count). The summed E-state index contributed by atoms with van der Waals surface area (Å²) >= 11 is 0. The minimum absolute atomic E-state index is 0.0153. The standard InChI is InChI=1S/C14H14O2/c1-16-13-7-8-14(12(9-13)10-15)11-5-3-2-4-6-11/h2-9,15H,10H2,1H3. The topological polar surface area (TPSA) is 29.5 Å². The summed E-state index contributed by atoms with van der Waals surface area (Å²) in [7, 11) is 1.62. The summed E-state index contributed by atoms with van der Waals surface area (Å²) in [6.45, 7) is 0.0153. The average molecular weight is 214 g/mol. The number of aliphatic hydroxyl groups is 1. The molecule has 0 bridgehead atoms. The maximum atomic E-state index is 9.34. The van der Waals surface area contributed by atoms with Gasteiger partial charge in [0.2, 0.25) is 0 Å². The highest BCUT2D eigenvalue weighted by Gasteiger charge is 2.05. The SMILES string of the molecule is COc1ccc(-c2ccccc2)c(CO)c1. The van der Waals surface area contributed by atoms with Crippen molar-refractivity contribution in [3.05, 3.63) is 54.1 Å². The molecule has 2 nitrogen and oxygen atoms in total. The van der Waals surface area contributed by atoms with Gasteiger partial charge in [0.1, 0.15) is 5.75 Å². The maximum Gasteiger partial charge on any atom is 0.119 e. The highest BCUT2D eigenvalue weighted by molar-refractivity contribution is 5.68. The van der Waals surface area contributed by atoms with Crippen LogP contribution in [0.15, 0.2) is 48.5 Å². The number of ether oxygens (including phenoxy) is 1. The normalized spacial score (nSPS) is 10.1. The van der Waals surface area contributed by atoms with E-state index in [0.717, 1.165) is 22.4 Å². The third-order valence-corrected chi connectivity index (χ3v) is 2.57. The number of rotatable bonds is 3. The van der Waals surface area contributed by atoms with Crippen LogP contribution in [-0.2, 0) is 6.61 Å². The van der Waals surface area contributed by atoms with Crippen molar-refractivity contribution in [2.45, 2.75) is 6.61 Å². The fraction of sp³-hybridized carbons (Fsp3) is 0.143. The Morgan fingerprint density at radius 3 is 2.44 bits per heavy atom. The molecule has 0 saturated heterocycles. The number of benzene rings is 2. The van der Waals surface area contributed by atoms with Crippen molar-refractivity contribution in [2.24, 2.45) is 0 Å². The van der Waals surface area contributed by atoms with Gasteiger partial charge in [-0.2, -0.15) is 0 Å². The van der Waals surface area contributed by atoms with Crippen LogP contribution in [0.5, 0.6) is 5.75 Å². The van der Waals surface area contributed by atoms with Crippen LogP contribution < -0.4 is 4.74 Å². The minimum Gasteiger partial charge on any atom is -0.497 e. The Bertz CT molecular complexity index is 463. The molecule has 2 heteroatoms. The second-order valence-electron chi connectivity index (χ2n) is 3.55. The molecular formula is C14H14O2. The molecular weight excluding hydrogens is 200 g/mol. The zero-order chi connectivity index (χ0) is 11.4. The highest BCUT2D eigenvalue weighted by atomic mass is 16.5. The Labute approximate surface area is 95.1 Å². The quantitative estimate of drug-likeness (QED) is 0.851. The number of aliphatic hydroxyl groups excluding tert-OH is 1. The summed E-state index contributed by atoms with van der Waals surface area (Å²) < 4.78 is 5.14. The molecule has 0 aliphatic carbocycles. The lowest BCUT2D eigenvalue weighted by Crippen LogP contribution is -1.91. The molecule has 0 spiro atoms. The second-order valence-corrected chi connectivity index (χ2v) is 3.55. The molecule has 0 unspecified atom stereocenters. The molecule has 0 aliphatic heterocycles. The van der Waals surface area contributed by atoms with Gasteiger partial charge in [-0.1, -0.05) is 36.4 Å². The third-order valence-electron chi connectivity index (χ3n) is 2.57. The molecule has 0 saturated carbocycles. The van der Waals surface area contributed by atoms with Crippen LogP contribution in [0.2, 0.25) is 0 Å². The summed E-state index contributed by atoms with van der Waals surface area (Å²) in [4.78, 5) is 0. The molecule has 0 aliphatic rings. The Kier molecular flexibility index (Phi) is 3.22. The van der Waals surface area contributed by atoms with E-state index in [9.17, 15) is 5.11 Å². The zero-order valence-corrected chi connectivity index (χ0v) is 9.18. The summed E-state index contributed by atoms with van der Waals surface area (Å²) in [5.74, 6) is 0.767. The molecule has 0 fully saturated rings. The molecule has 0 aromatic heterocycles. The van der Waals surface area contributed by atoms with E-state index in [2.05, 4.69) is 0 Å². The van der Waals surface area contributed by atoms with E-state index in [1.807, 2.05) is 48.5 Å². The predicted molar refractivity (Wildman–Crippen MR) is 64.4 cm³/mol. The highest BCUT2D eigenvalue weighted by Crippen LogP contribution is 2.27. The number of hydrogen-bond donors (Lipinski definition) is 1. The van der Waals surface area contributed by atoms with Crippen molar-refractivity contribution < 1.29 is 9.84 Å². The van der Waals surface area contributed by atoms with Gasteiger partial charge in [-0.25, -0.2) is 0 Å². The molecule has 2 aromatic rings. The zero-order valence-electron chi connectivity index (χ0n) is 9.18. The van der Waals surface area contributed by atoms with Crippen molar-refractivity contribution in [1.82, 2.24) is 0 Å². The van der Waals surface area contributed by atoms with E-state index in [4.69, 9.17) is 4.74 Å². The van der Waals surface area contributed by atoms with Crippen LogP contribution in [0.25, 0.3) is 11.1 Å². The maximum absolute atomic E-state index is 9.34. The van der Waals surface area contributed by atoms with E-state index in [1.54, 1.807) is 7.11 Å².